The van der Waals surface area contributed by atoms with E-state index < -0.39 is 10.0 Å². The van der Waals surface area contributed by atoms with Gasteiger partial charge < -0.3 is 15.4 Å². The Morgan fingerprint density at radius 3 is 2.20 bits per heavy atom. The van der Waals surface area contributed by atoms with Gasteiger partial charge in [-0.15, -0.1) is 11.3 Å². The Hall–Kier alpha value is -4.99. The third kappa shape index (κ3) is 6.27. The monoisotopic (exact) mass is 584 g/mol. The van der Waals surface area contributed by atoms with Crippen LogP contribution in [0.15, 0.2) is 77.0 Å². The molecule has 5 aromatic rings. The number of amides is 1. The minimum atomic E-state index is -3.84. The van der Waals surface area contributed by atoms with Gasteiger partial charge in [0.05, 0.1) is 22.0 Å². The molecule has 2 aromatic heterocycles. The number of carbonyl (C=O) groups excluding carboxylic acids is 1. The maximum atomic E-state index is 12.8. The number of anilines is 4. The highest BCUT2D eigenvalue weighted by Gasteiger charge is 2.16. The van der Waals surface area contributed by atoms with Crippen LogP contribution in [0.5, 0.6) is 11.6 Å². The predicted octanol–water partition coefficient (Wildman–Crippen LogP) is 6.47. The molecule has 0 fully saturated rings. The van der Waals surface area contributed by atoms with Crippen LogP contribution in [0.3, 0.4) is 0 Å². The summed E-state index contributed by atoms with van der Waals surface area (Å²) in [6.45, 7) is 5.14. The molecule has 0 saturated heterocycles. The van der Waals surface area contributed by atoms with Gasteiger partial charge in [0.2, 0.25) is 17.7 Å². The van der Waals surface area contributed by atoms with Crippen LogP contribution in [-0.4, -0.2) is 24.3 Å². The minimum Gasteiger partial charge on any atom is -0.437 e. The van der Waals surface area contributed by atoms with Crippen molar-refractivity contribution in [1.82, 2.24) is 9.97 Å². The number of hydrogen-bond acceptors (Lipinski definition) is 9. The van der Waals surface area contributed by atoms with Gasteiger partial charge in [0.25, 0.3) is 10.0 Å². The van der Waals surface area contributed by atoms with Crippen molar-refractivity contribution in [2.24, 2.45) is 0 Å². The molecule has 0 aliphatic carbocycles. The van der Waals surface area contributed by atoms with E-state index >= 15 is 0 Å². The molecule has 10 nitrogen and oxygen atoms in total. The van der Waals surface area contributed by atoms with Crippen LogP contribution in [0.2, 0.25) is 0 Å². The topological polar surface area (TPSA) is 146 Å². The molecule has 0 bridgehead atoms. The number of rotatable bonds is 8. The summed E-state index contributed by atoms with van der Waals surface area (Å²) in [5, 5.41) is 16.9. The zero-order chi connectivity index (χ0) is 29.1. The maximum Gasteiger partial charge on any atom is 0.261 e. The average Bonchev–Trinajstić information content (AvgIpc) is 3.40. The number of thiophene rings is 1. The van der Waals surface area contributed by atoms with Crippen molar-refractivity contribution >= 4 is 60.5 Å². The number of nitriles is 1. The van der Waals surface area contributed by atoms with E-state index in [9.17, 15) is 18.5 Å². The van der Waals surface area contributed by atoms with E-state index in [1.165, 1.54) is 42.5 Å². The molecule has 12 heteroatoms. The number of ether oxygens (including phenoxy) is 1. The number of nitrogens with zero attached hydrogens (tertiary/aromatic N) is 3. The SMILES string of the molecule is CC(=O)Nc1ccc(S(=O)(=O)Nc2ccc(Nc3nc(Oc4c(C)cc(C#N)cc4C)c4sccc4n3)cc2)cc1. The third-order valence-electron chi connectivity index (χ3n) is 5.94. The molecule has 3 N–H and O–H groups in total. The van der Waals surface area contributed by atoms with Crippen molar-refractivity contribution in [1.29, 1.82) is 5.26 Å². The summed E-state index contributed by atoms with van der Waals surface area (Å²) >= 11 is 1.46. The number of sulfonamides is 1. The molecule has 0 saturated carbocycles. The first-order chi connectivity index (χ1) is 19.6. The lowest BCUT2D eigenvalue weighted by Gasteiger charge is -2.13. The number of carbonyl (C=O) groups is 1. The lowest BCUT2D eigenvalue weighted by atomic mass is 10.1. The minimum absolute atomic E-state index is 0.0616. The molecule has 41 heavy (non-hydrogen) atoms. The molecule has 0 radical (unpaired) electrons. The second-order valence-electron chi connectivity index (χ2n) is 9.15. The quantitative estimate of drug-likeness (QED) is 0.188. The first-order valence-electron chi connectivity index (χ1n) is 12.3. The molecule has 1 amide bonds. The molecule has 2 heterocycles. The summed E-state index contributed by atoms with van der Waals surface area (Å²) in [6.07, 6.45) is 0. The largest absolute Gasteiger partial charge is 0.437 e. The van der Waals surface area contributed by atoms with Crippen LogP contribution in [0.4, 0.5) is 23.0 Å². The lowest BCUT2D eigenvalue weighted by Crippen LogP contribution is -2.13. The highest BCUT2D eigenvalue weighted by atomic mass is 32.2. The Balaban J connectivity index is 1.34. The number of hydrogen-bond donors (Lipinski definition) is 3. The average molecular weight is 585 g/mol. The van der Waals surface area contributed by atoms with Gasteiger partial charge in [-0.2, -0.15) is 10.2 Å². The lowest BCUT2D eigenvalue weighted by molar-refractivity contribution is -0.114. The molecule has 0 aliphatic rings. The van der Waals surface area contributed by atoms with E-state index in [1.54, 1.807) is 36.4 Å². The Bertz CT molecular complexity index is 1890. The maximum absolute atomic E-state index is 12.8. The van der Waals surface area contributed by atoms with Gasteiger partial charge >= 0.3 is 0 Å². The van der Waals surface area contributed by atoms with Crippen molar-refractivity contribution in [3.05, 3.63) is 88.8 Å². The van der Waals surface area contributed by atoms with E-state index in [-0.39, 0.29) is 10.8 Å². The van der Waals surface area contributed by atoms with Gasteiger partial charge in [-0.25, -0.2) is 13.4 Å². The fourth-order valence-electron chi connectivity index (χ4n) is 4.12. The van der Waals surface area contributed by atoms with Crippen molar-refractivity contribution < 1.29 is 17.9 Å². The van der Waals surface area contributed by atoms with Crippen molar-refractivity contribution in [2.45, 2.75) is 25.7 Å². The molecule has 0 spiro atoms. The van der Waals surface area contributed by atoms with Gasteiger partial charge in [0.1, 0.15) is 10.4 Å². The number of aromatic nitrogens is 2. The summed E-state index contributed by atoms with van der Waals surface area (Å²) in [5.74, 6) is 1.08. The van der Waals surface area contributed by atoms with Crippen molar-refractivity contribution in [2.75, 3.05) is 15.4 Å². The van der Waals surface area contributed by atoms with E-state index in [0.717, 1.165) is 15.8 Å². The molecule has 5 rings (SSSR count). The summed E-state index contributed by atoms with van der Waals surface area (Å²) in [4.78, 5) is 20.4. The van der Waals surface area contributed by atoms with Gasteiger partial charge in [0.15, 0.2) is 0 Å². The van der Waals surface area contributed by atoms with Gasteiger partial charge in [-0.1, -0.05) is 0 Å². The fourth-order valence-corrected chi connectivity index (χ4v) is 5.93. The summed E-state index contributed by atoms with van der Waals surface area (Å²) in [6, 6.07) is 20.1. The van der Waals surface area contributed by atoms with Gasteiger partial charge in [-0.05, 0) is 97.1 Å². The summed E-state index contributed by atoms with van der Waals surface area (Å²) < 4.78 is 35.2. The third-order valence-corrected chi connectivity index (χ3v) is 8.23. The zero-order valence-corrected chi connectivity index (χ0v) is 23.9. The van der Waals surface area contributed by atoms with Crippen molar-refractivity contribution in [3.63, 3.8) is 0 Å². The Morgan fingerprint density at radius 2 is 1.56 bits per heavy atom. The van der Waals surface area contributed by atoms with Crippen molar-refractivity contribution in [3.8, 4) is 17.7 Å². The first kappa shape index (κ1) is 27.6. The van der Waals surface area contributed by atoms with E-state index in [1.807, 2.05) is 25.3 Å². The second-order valence-corrected chi connectivity index (χ2v) is 11.8. The molecule has 0 unspecified atom stereocenters. The number of benzene rings is 3. The Labute approximate surface area is 240 Å². The molecule has 0 atom stereocenters. The zero-order valence-electron chi connectivity index (χ0n) is 22.2. The predicted molar refractivity (Wildman–Crippen MR) is 159 cm³/mol. The number of nitrogens with one attached hydrogen (secondary N) is 3. The van der Waals surface area contributed by atoms with Crippen LogP contribution in [0, 0.1) is 25.2 Å². The second kappa shape index (κ2) is 11.2. The first-order valence-corrected chi connectivity index (χ1v) is 14.7. The molecule has 206 valence electrons. The van der Waals surface area contributed by atoms with E-state index in [0.29, 0.717) is 45.7 Å². The molecule has 0 aliphatic heterocycles. The van der Waals surface area contributed by atoms with E-state index in [2.05, 4.69) is 31.4 Å². The van der Waals surface area contributed by atoms with E-state index in [4.69, 9.17) is 4.74 Å². The fraction of sp³-hybridized carbons (Fsp3) is 0.103. The van der Waals surface area contributed by atoms with Crippen LogP contribution in [0.25, 0.3) is 10.2 Å². The molecule has 3 aromatic carbocycles. The number of fused-ring (bicyclic) bond motifs is 1. The standard InChI is InChI=1S/C29H24N6O4S2/c1-17-14-20(16-30)15-18(2)26(17)39-28-27-25(12-13-40-27)33-29(34-28)32-22-4-6-23(7-5-22)35-41(37,38)24-10-8-21(9-11-24)31-19(3)36/h4-15,35H,1-3H3,(H,31,36)(H,32,33,34). The van der Waals surface area contributed by atoms with Crippen LogP contribution < -0.4 is 20.1 Å². The van der Waals surface area contributed by atoms with Crippen LogP contribution in [-0.2, 0) is 14.8 Å². The van der Waals surface area contributed by atoms with Gasteiger partial charge in [-0.3, -0.25) is 9.52 Å². The Kier molecular flexibility index (Phi) is 7.56. The summed E-state index contributed by atoms with van der Waals surface area (Å²) in [7, 11) is -3.84. The van der Waals surface area contributed by atoms with Crippen LogP contribution in [0.1, 0.15) is 23.6 Å². The highest BCUT2D eigenvalue weighted by molar-refractivity contribution is 7.92. The molecular formula is C29H24N6O4S2. The normalized spacial score (nSPS) is 11.1. The van der Waals surface area contributed by atoms with Crippen LogP contribution >= 0.6 is 11.3 Å². The smallest absolute Gasteiger partial charge is 0.261 e. The highest BCUT2D eigenvalue weighted by Crippen LogP contribution is 2.36. The Morgan fingerprint density at radius 1 is 0.927 bits per heavy atom. The number of aryl methyl sites for hydroxylation is 2. The summed E-state index contributed by atoms with van der Waals surface area (Å²) in [5.41, 5.74) is 4.42. The van der Waals surface area contributed by atoms with Gasteiger partial charge in [0, 0.05) is 24.0 Å². The molecular weight excluding hydrogens is 560 g/mol.